The molecular formula is C27H23N3O3S. The summed E-state index contributed by atoms with van der Waals surface area (Å²) in [5, 5.41) is 4.12. The first-order valence-corrected chi connectivity index (χ1v) is 12.0. The van der Waals surface area contributed by atoms with Gasteiger partial charge in [-0.25, -0.2) is 4.98 Å². The van der Waals surface area contributed by atoms with Crippen LogP contribution < -0.4 is 10.9 Å². The van der Waals surface area contributed by atoms with Gasteiger partial charge in [0, 0.05) is 11.1 Å². The number of hydrogen-bond acceptors (Lipinski definition) is 5. The minimum Gasteiger partial charge on any atom is -0.448 e. The maximum atomic E-state index is 13.5. The van der Waals surface area contributed by atoms with Crippen molar-refractivity contribution in [2.24, 2.45) is 0 Å². The lowest BCUT2D eigenvalue weighted by Gasteiger charge is -2.12. The number of para-hydroxylation sites is 1. The van der Waals surface area contributed by atoms with Crippen LogP contribution in [0.15, 0.2) is 87.2 Å². The van der Waals surface area contributed by atoms with E-state index in [1.165, 1.54) is 21.9 Å². The smallest absolute Gasteiger partial charge is 0.302 e. The highest BCUT2D eigenvalue weighted by Crippen LogP contribution is 2.28. The fourth-order valence-corrected chi connectivity index (χ4v) is 4.67. The van der Waals surface area contributed by atoms with Gasteiger partial charge in [-0.05, 0) is 60.9 Å². The number of furan rings is 1. The number of thioether (sulfide) groups is 1. The Labute approximate surface area is 200 Å². The molecule has 6 nitrogen and oxygen atoms in total. The van der Waals surface area contributed by atoms with Gasteiger partial charge < -0.3 is 9.73 Å². The molecule has 0 spiro atoms. The number of carbonyl (C=O) groups is 1. The molecular weight excluding hydrogens is 446 g/mol. The summed E-state index contributed by atoms with van der Waals surface area (Å²) in [5.74, 6) is -0.0637. The average Bonchev–Trinajstić information content (AvgIpc) is 3.22. The van der Waals surface area contributed by atoms with E-state index in [1.54, 1.807) is 0 Å². The number of nitrogens with one attached hydrogen (secondary N) is 1. The molecule has 0 radical (unpaired) electrons. The number of benzene rings is 3. The maximum absolute atomic E-state index is 13.5. The molecule has 5 rings (SSSR count). The summed E-state index contributed by atoms with van der Waals surface area (Å²) >= 11 is 1.22. The van der Waals surface area contributed by atoms with Crippen molar-refractivity contribution in [3.8, 4) is 5.69 Å². The molecule has 0 aliphatic rings. The van der Waals surface area contributed by atoms with Crippen LogP contribution >= 0.6 is 11.8 Å². The molecule has 1 amide bonds. The molecule has 1 N–H and O–H groups in total. The van der Waals surface area contributed by atoms with Crippen LogP contribution in [-0.2, 0) is 11.2 Å². The Hall–Kier alpha value is -3.84. The molecule has 0 aliphatic carbocycles. The third-order valence-electron chi connectivity index (χ3n) is 5.60. The van der Waals surface area contributed by atoms with E-state index in [-0.39, 0.29) is 22.8 Å². The van der Waals surface area contributed by atoms with Crippen molar-refractivity contribution in [3.05, 3.63) is 94.3 Å². The van der Waals surface area contributed by atoms with Gasteiger partial charge >= 0.3 is 5.56 Å². The van der Waals surface area contributed by atoms with Crippen LogP contribution in [0.1, 0.15) is 18.1 Å². The van der Waals surface area contributed by atoms with Gasteiger partial charge in [0.1, 0.15) is 11.1 Å². The summed E-state index contributed by atoms with van der Waals surface area (Å²) in [5.41, 5.74) is 4.65. The highest BCUT2D eigenvalue weighted by atomic mass is 32.2. The van der Waals surface area contributed by atoms with E-state index in [1.807, 2.05) is 79.7 Å². The number of aryl methyl sites for hydroxylation is 2. The Kier molecular flexibility index (Phi) is 5.94. The largest absolute Gasteiger partial charge is 0.448 e. The third kappa shape index (κ3) is 4.22. The van der Waals surface area contributed by atoms with Crippen molar-refractivity contribution in [2.75, 3.05) is 11.1 Å². The van der Waals surface area contributed by atoms with E-state index in [4.69, 9.17) is 9.40 Å². The summed E-state index contributed by atoms with van der Waals surface area (Å²) in [6.45, 7) is 4.05. The van der Waals surface area contributed by atoms with Crippen molar-refractivity contribution in [1.29, 1.82) is 0 Å². The molecule has 0 saturated heterocycles. The molecule has 0 atom stereocenters. The second kappa shape index (κ2) is 9.19. The van der Waals surface area contributed by atoms with E-state index in [0.29, 0.717) is 21.9 Å². The standard InChI is InChI=1S/C27H23N3O3S/c1-3-18-11-13-19(14-12-18)28-23(31)16-34-27-29-24-21-9-4-5-10-22(21)33-25(24)26(32)30(27)20-8-6-7-17(2)15-20/h4-15H,3,16H2,1-2H3,(H,28,31). The fraction of sp³-hybridized carbons (Fsp3) is 0.148. The Bertz CT molecular complexity index is 1570. The Morgan fingerprint density at radius 3 is 2.62 bits per heavy atom. The van der Waals surface area contributed by atoms with E-state index < -0.39 is 0 Å². The topological polar surface area (TPSA) is 77.1 Å². The third-order valence-corrected chi connectivity index (χ3v) is 6.54. The second-order valence-corrected chi connectivity index (χ2v) is 8.98. The zero-order chi connectivity index (χ0) is 23.7. The van der Waals surface area contributed by atoms with E-state index in [2.05, 4.69) is 12.2 Å². The summed E-state index contributed by atoms with van der Waals surface area (Å²) in [6, 6.07) is 22.8. The molecule has 0 unspecified atom stereocenters. The van der Waals surface area contributed by atoms with E-state index >= 15 is 0 Å². The van der Waals surface area contributed by atoms with Gasteiger partial charge in [0.15, 0.2) is 5.16 Å². The second-order valence-electron chi connectivity index (χ2n) is 8.04. The van der Waals surface area contributed by atoms with Gasteiger partial charge in [0.2, 0.25) is 11.5 Å². The fourth-order valence-electron chi connectivity index (χ4n) is 3.86. The first-order chi connectivity index (χ1) is 16.5. The molecule has 170 valence electrons. The van der Waals surface area contributed by atoms with Gasteiger partial charge in [-0.3, -0.25) is 14.2 Å². The molecule has 34 heavy (non-hydrogen) atoms. The number of anilines is 1. The Morgan fingerprint density at radius 2 is 1.85 bits per heavy atom. The number of nitrogens with zero attached hydrogens (tertiary/aromatic N) is 2. The van der Waals surface area contributed by atoms with Crippen LogP contribution in [-0.4, -0.2) is 21.2 Å². The number of carbonyl (C=O) groups excluding carboxylic acids is 1. The van der Waals surface area contributed by atoms with Crippen LogP contribution in [0.3, 0.4) is 0 Å². The quantitative estimate of drug-likeness (QED) is 0.254. The van der Waals surface area contributed by atoms with Gasteiger partial charge in [0.25, 0.3) is 0 Å². The van der Waals surface area contributed by atoms with Crippen LogP contribution in [0, 0.1) is 6.92 Å². The van der Waals surface area contributed by atoms with Crippen molar-refractivity contribution in [2.45, 2.75) is 25.4 Å². The predicted octanol–water partition coefficient (Wildman–Crippen LogP) is 5.73. The van der Waals surface area contributed by atoms with Crippen molar-refractivity contribution in [3.63, 3.8) is 0 Å². The predicted molar refractivity (Wildman–Crippen MR) is 137 cm³/mol. The maximum Gasteiger partial charge on any atom is 0.302 e. The van der Waals surface area contributed by atoms with E-state index in [0.717, 1.165) is 23.1 Å². The van der Waals surface area contributed by atoms with Crippen LogP contribution in [0.5, 0.6) is 0 Å². The molecule has 0 saturated carbocycles. The SMILES string of the molecule is CCc1ccc(NC(=O)CSc2nc3c(oc4ccccc43)c(=O)n2-c2cccc(C)c2)cc1. The molecule has 7 heteroatoms. The van der Waals surface area contributed by atoms with Crippen LogP contribution in [0.25, 0.3) is 27.8 Å². The van der Waals surface area contributed by atoms with Crippen molar-refractivity contribution >= 4 is 45.4 Å². The van der Waals surface area contributed by atoms with Gasteiger partial charge in [-0.2, -0.15) is 0 Å². The summed E-state index contributed by atoms with van der Waals surface area (Å²) < 4.78 is 7.39. The van der Waals surface area contributed by atoms with Crippen molar-refractivity contribution in [1.82, 2.24) is 9.55 Å². The molecule has 0 bridgehead atoms. The minimum atomic E-state index is -0.301. The molecule has 5 aromatic rings. The Balaban J connectivity index is 1.52. The monoisotopic (exact) mass is 469 g/mol. The summed E-state index contributed by atoms with van der Waals surface area (Å²) in [4.78, 5) is 31.0. The number of rotatable bonds is 6. The van der Waals surface area contributed by atoms with Crippen molar-refractivity contribution < 1.29 is 9.21 Å². The normalized spacial score (nSPS) is 11.2. The first-order valence-electron chi connectivity index (χ1n) is 11.1. The number of fused-ring (bicyclic) bond motifs is 3. The van der Waals surface area contributed by atoms with Gasteiger partial charge in [-0.15, -0.1) is 0 Å². The number of amides is 1. The van der Waals surface area contributed by atoms with Gasteiger partial charge in [-0.1, -0.05) is 55.1 Å². The zero-order valence-electron chi connectivity index (χ0n) is 18.9. The summed E-state index contributed by atoms with van der Waals surface area (Å²) in [6.07, 6.45) is 0.942. The lowest BCUT2D eigenvalue weighted by molar-refractivity contribution is -0.113. The highest BCUT2D eigenvalue weighted by molar-refractivity contribution is 7.99. The molecule has 2 heterocycles. The van der Waals surface area contributed by atoms with Crippen LogP contribution in [0.2, 0.25) is 0 Å². The highest BCUT2D eigenvalue weighted by Gasteiger charge is 2.19. The zero-order valence-corrected chi connectivity index (χ0v) is 19.7. The summed E-state index contributed by atoms with van der Waals surface area (Å²) in [7, 11) is 0. The minimum absolute atomic E-state index is 0.106. The molecule has 0 fully saturated rings. The Morgan fingerprint density at radius 1 is 1.06 bits per heavy atom. The number of aromatic nitrogens is 2. The first kappa shape index (κ1) is 22.0. The molecule has 2 aromatic heterocycles. The number of hydrogen-bond donors (Lipinski definition) is 1. The lowest BCUT2D eigenvalue weighted by Crippen LogP contribution is -2.22. The average molecular weight is 470 g/mol. The lowest BCUT2D eigenvalue weighted by atomic mass is 10.1. The molecule has 3 aromatic carbocycles. The molecule has 0 aliphatic heterocycles. The van der Waals surface area contributed by atoms with E-state index in [9.17, 15) is 9.59 Å². The van der Waals surface area contributed by atoms with Crippen LogP contribution in [0.4, 0.5) is 5.69 Å². The van der Waals surface area contributed by atoms with Gasteiger partial charge in [0.05, 0.1) is 11.4 Å².